The largest absolute Gasteiger partial charge is 0.415 e. The summed E-state index contributed by atoms with van der Waals surface area (Å²) in [5, 5.41) is 4.72. The lowest BCUT2D eigenvalue weighted by Crippen LogP contribution is -2.62. The monoisotopic (exact) mass is 595 g/mol. The molecule has 8 atom stereocenters. The zero-order valence-corrected chi connectivity index (χ0v) is 30.5. The van der Waals surface area contributed by atoms with Gasteiger partial charge in [-0.3, -0.25) is 0 Å². The summed E-state index contributed by atoms with van der Waals surface area (Å²) in [6.45, 7) is 26.6. The summed E-state index contributed by atoms with van der Waals surface area (Å²) in [6.07, 6.45) is 11.9. The second-order valence-electron chi connectivity index (χ2n) is 16.9. The Hall–Kier alpha value is 0.000649. The molecule has 0 aromatic heterocycles. The second-order valence-corrected chi connectivity index (χ2v) is 30.3. The highest BCUT2D eigenvalue weighted by atomic mass is 28.4. The van der Waals surface area contributed by atoms with Crippen LogP contribution in [0.5, 0.6) is 0 Å². The fraction of sp³-hybridized carbons (Fsp3) is 0.968. The molecule has 0 N–H and O–H groups in total. The quantitative estimate of drug-likeness (QED) is 0.152. The summed E-state index contributed by atoms with van der Waals surface area (Å²) >= 11 is 0. The lowest BCUT2D eigenvalue weighted by molar-refractivity contribution is -0.139. The SMILES string of the molecule is CO/N=C(/CO[Si](C)(C)C)[C@@]1(O[Si](C)(C)C)CC[C@H]2[C@@H]3CC[C@@H]4C[C@H](O[Si](C)(C)C)CC[C@]4(C)[C@H]3CC[C@@]21C. The van der Waals surface area contributed by atoms with E-state index in [9.17, 15) is 0 Å². The van der Waals surface area contributed by atoms with Crippen LogP contribution in [0.1, 0.15) is 71.6 Å². The van der Waals surface area contributed by atoms with E-state index in [1.807, 2.05) is 0 Å². The molecule has 0 aromatic rings. The van der Waals surface area contributed by atoms with Gasteiger partial charge in [0.15, 0.2) is 25.0 Å². The molecule has 5 nitrogen and oxygen atoms in total. The van der Waals surface area contributed by atoms with E-state index in [0.29, 0.717) is 24.0 Å². The minimum Gasteiger partial charge on any atom is -0.415 e. The van der Waals surface area contributed by atoms with Crippen LogP contribution in [0, 0.1) is 34.5 Å². The van der Waals surface area contributed by atoms with E-state index in [1.165, 1.54) is 51.4 Å². The standard InChI is InChI=1S/C31H61NO4Si3/c1-29-18-15-24(35-38(7,8)9)21-23(29)13-14-25-26(29)16-19-30(2)27(25)17-20-31(30,36-39(10,11)12)28(32-33-3)22-34-37(4,5)6/h23-27H,13-22H2,1-12H3/b32-28-/t23-,24-,25-,26+,27+,29+,30+,31+/m1/s1. The average Bonchev–Trinajstić information content (AvgIpc) is 3.06. The first-order valence-corrected chi connectivity index (χ1v) is 26.2. The van der Waals surface area contributed by atoms with Gasteiger partial charge in [-0.05, 0) is 146 Å². The van der Waals surface area contributed by atoms with Gasteiger partial charge < -0.3 is 18.1 Å². The van der Waals surface area contributed by atoms with Crippen LogP contribution in [0.4, 0.5) is 0 Å². The Morgan fingerprint density at radius 1 is 0.769 bits per heavy atom. The van der Waals surface area contributed by atoms with Crippen molar-refractivity contribution in [2.75, 3.05) is 13.7 Å². The van der Waals surface area contributed by atoms with Crippen LogP contribution in [0.3, 0.4) is 0 Å². The number of nitrogens with zero attached hydrogens (tertiary/aromatic N) is 1. The van der Waals surface area contributed by atoms with Gasteiger partial charge in [-0.1, -0.05) is 19.0 Å². The summed E-state index contributed by atoms with van der Waals surface area (Å²) in [4.78, 5) is 5.53. The number of rotatable bonds is 9. The van der Waals surface area contributed by atoms with Gasteiger partial charge >= 0.3 is 0 Å². The lowest BCUT2D eigenvalue weighted by atomic mass is 9.44. The molecule has 39 heavy (non-hydrogen) atoms. The first-order chi connectivity index (χ1) is 17.8. The van der Waals surface area contributed by atoms with E-state index in [0.717, 1.165) is 29.9 Å². The van der Waals surface area contributed by atoms with Crippen molar-refractivity contribution in [1.82, 2.24) is 0 Å². The van der Waals surface area contributed by atoms with Gasteiger partial charge in [0.1, 0.15) is 18.4 Å². The number of oxime groups is 1. The number of hydrogen-bond acceptors (Lipinski definition) is 5. The van der Waals surface area contributed by atoms with E-state index >= 15 is 0 Å². The molecular weight excluding hydrogens is 535 g/mol. The molecule has 0 aromatic carbocycles. The Morgan fingerprint density at radius 2 is 1.44 bits per heavy atom. The summed E-state index contributed by atoms with van der Waals surface area (Å²) in [5.41, 5.74) is 1.15. The Kier molecular flexibility index (Phi) is 8.95. The minimum absolute atomic E-state index is 0.0654. The molecule has 0 heterocycles. The van der Waals surface area contributed by atoms with Crippen LogP contribution in [0.2, 0.25) is 58.9 Å². The highest BCUT2D eigenvalue weighted by Crippen LogP contribution is 2.69. The topological polar surface area (TPSA) is 49.3 Å². The fourth-order valence-electron chi connectivity index (χ4n) is 9.66. The minimum atomic E-state index is -1.89. The maximum absolute atomic E-state index is 7.36. The Bertz CT molecular complexity index is 909. The van der Waals surface area contributed by atoms with Crippen LogP contribution >= 0.6 is 0 Å². The van der Waals surface area contributed by atoms with Crippen molar-refractivity contribution in [1.29, 1.82) is 0 Å². The molecule has 0 bridgehead atoms. The molecule has 4 aliphatic rings. The molecular formula is C31H61NO4Si3. The van der Waals surface area contributed by atoms with Crippen LogP contribution < -0.4 is 0 Å². The Morgan fingerprint density at radius 3 is 2.03 bits per heavy atom. The highest BCUT2D eigenvalue weighted by molar-refractivity contribution is 6.70. The molecule has 0 aliphatic heterocycles. The van der Waals surface area contributed by atoms with Gasteiger partial charge in [0, 0.05) is 11.5 Å². The molecule has 0 amide bonds. The van der Waals surface area contributed by atoms with E-state index in [4.69, 9.17) is 23.3 Å². The van der Waals surface area contributed by atoms with Gasteiger partial charge in [-0.25, -0.2) is 0 Å². The van der Waals surface area contributed by atoms with Crippen LogP contribution in [0.15, 0.2) is 5.16 Å². The lowest BCUT2D eigenvalue weighted by Gasteiger charge is -2.62. The summed E-state index contributed by atoms with van der Waals surface area (Å²) < 4.78 is 20.5. The van der Waals surface area contributed by atoms with Gasteiger partial charge in [0.05, 0.1) is 6.61 Å². The summed E-state index contributed by atoms with van der Waals surface area (Å²) in [6, 6.07) is 0. The molecule has 4 aliphatic carbocycles. The van der Waals surface area contributed by atoms with E-state index in [2.05, 4.69) is 72.8 Å². The van der Waals surface area contributed by atoms with Crippen LogP contribution in [-0.2, 0) is 18.1 Å². The molecule has 4 fully saturated rings. The molecule has 0 unspecified atom stereocenters. The van der Waals surface area contributed by atoms with Crippen LogP contribution in [0.25, 0.3) is 0 Å². The maximum atomic E-state index is 7.36. The van der Waals surface area contributed by atoms with Crippen molar-refractivity contribution < 1.29 is 18.1 Å². The molecule has 0 spiro atoms. The number of hydrogen-bond donors (Lipinski definition) is 0. The third-order valence-electron chi connectivity index (χ3n) is 11.0. The highest BCUT2D eigenvalue weighted by Gasteiger charge is 2.67. The Labute approximate surface area is 243 Å². The van der Waals surface area contributed by atoms with Gasteiger partial charge in [-0.15, -0.1) is 0 Å². The maximum Gasteiger partial charge on any atom is 0.185 e. The van der Waals surface area contributed by atoms with Gasteiger partial charge in [0.25, 0.3) is 0 Å². The molecule has 0 radical (unpaired) electrons. The molecule has 4 saturated carbocycles. The van der Waals surface area contributed by atoms with Crippen molar-refractivity contribution in [2.45, 2.75) is 142 Å². The normalized spacial score (nSPS) is 41.5. The first-order valence-electron chi connectivity index (χ1n) is 16.0. The number of fused-ring (bicyclic) bond motifs is 5. The van der Waals surface area contributed by atoms with Gasteiger partial charge in [-0.2, -0.15) is 0 Å². The van der Waals surface area contributed by atoms with Crippen molar-refractivity contribution in [3.8, 4) is 0 Å². The van der Waals surface area contributed by atoms with Crippen LogP contribution in [-0.4, -0.2) is 56.1 Å². The van der Waals surface area contributed by atoms with Crippen molar-refractivity contribution in [3.63, 3.8) is 0 Å². The zero-order valence-electron chi connectivity index (χ0n) is 27.5. The molecule has 4 rings (SSSR count). The zero-order chi connectivity index (χ0) is 29.1. The summed E-state index contributed by atoms with van der Waals surface area (Å²) in [7, 11) is -3.43. The van der Waals surface area contributed by atoms with Gasteiger partial charge in [0.2, 0.25) is 0 Å². The smallest absolute Gasteiger partial charge is 0.185 e. The molecule has 0 saturated heterocycles. The Balaban J connectivity index is 1.63. The third-order valence-corrected chi connectivity index (χ3v) is 14.1. The van der Waals surface area contributed by atoms with Crippen molar-refractivity contribution >= 4 is 30.7 Å². The molecule has 8 heteroatoms. The fourth-order valence-corrected chi connectivity index (χ4v) is 12.9. The van der Waals surface area contributed by atoms with E-state index < -0.39 is 25.0 Å². The van der Waals surface area contributed by atoms with E-state index in [-0.39, 0.29) is 11.0 Å². The van der Waals surface area contributed by atoms with Crippen molar-refractivity contribution in [3.05, 3.63) is 0 Å². The second kappa shape index (κ2) is 10.9. The summed E-state index contributed by atoms with van der Waals surface area (Å²) in [5.74, 6) is 3.10. The average molecular weight is 596 g/mol. The molecule has 226 valence electrons. The predicted octanol–water partition coefficient (Wildman–Crippen LogP) is 8.69. The van der Waals surface area contributed by atoms with Crippen molar-refractivity contribution in [2.24, 2.45) is 39.7 Å². The predicted molar refractivity (Wildman–Crippen MR) is 171 cm³/mol. The van der Waals surface area contributed by atoms with E-state index in [1.54, 1.807) is 7.11 Å². The third kappa shape index (κ3) is 6.36. The first kappa shape index (κ1) is 31.9.